The SMILES string of the molecule is CC(C)C1CC2(CNC2)C1C(C)C. The average Bonchev–Trinajstić information content (AvgIpc) is 1.77. The normalized spacial score (nSPS) is 36.5. The molecule has 2 unspecified atom stereocenters. The predicted molar refractivity (Wildman–Crippen MR) is 56.6 cm³/mol. The minimum atomic E-state index is 0.725. The second-order valence-corrected chi connectivity index (χ2v) is 5.85. The number of hydrogen-bond acceptors (Lipinski definition) is 1. The van der Waals surface area contributed by atoms with Gasteiger partial charge in [-0.25, -0.2) is 0 Å². The van der Waals surface area contributed by atoms with E-state index in [1.807, 2.05) is 0 Å². The van der Waals surface area contributed by atoms with Gasteiger partial charge in [0.15, 0.2) is 0 Å². The van der Waals surface area contributed by atoms with Crippen molar-refractivity contribution in [3.8, 4) is 0 Å². The Balaban J connectivity index is 2.05. The van der Waals surface area contributed by atoms with Crippen LogP contribution in [0.25, 0.3) is 0 Å². The van der Waals surface area contributed by atoms with Gasteiger partial charge in [-0.05, 0) is 35.5 Å². The van der Waals surface area contributed by atoms with E-state index in [1.165, 1.54) is 19.5 Å². The van der Waals surface area contributed by atoms with E-state index in [-0.39, 0.29) is 0 Å². The molecule has 0 radical (unpaired) electrons. The molecule has 2 atom stereocenters. The predicted octanol–water partition coefficient (Wildman–Crippen LogP) is 2.52. The van der Waals surface area contributed by atoms with Crippen LogP contribution in [0.3, 0.4) is 0 Å². The Labute approximate surface area is 82.3 Å². The standard InChI is InChI=1S/C12H23N/c1-8(2)10-5-12(6-13-7-12)11(10)9(3)4/h8-11,13H,5-7H2,1-4H3. The lowest BCUT2D eigenvalue weighted by atomic mass is 9.45. The second kappa shape index (κ2) is 2.98. The maximum absolute atomic E-state index is 3.45. The van der Waals surface area contributed by atoms with Crippen LogP contribution in [0.5, 0.6) is 0 Å². The van der Waals surface area contributed by atoms with Gasteiger partial charge in [0.05, 0.1) is 0 Å². The molecule has 1 saturated heterocycles. The van der Waals surface area contributed by atoms with Crippen molar-refractivity contribution in [2.75, 3.05) is 13.1 Å². The molecule has 1 aliphatic heterocycles. The fourth-order valence-electron chi connectivity index (χ4n) is 3.70. The van der Waals surface area contributed by atoms with Crippen molar-refractivity contribution in [1.82, 2.24) is 5.32 Å². The molecule has 1 N–H and O–H groups in total. The lowest BCUT2D eigenvalue weighted by Crippen LogP contribution is -2.68. The smallest absolute Gasteiger partial charge is 0.00232 e. The van der Waals surface area contributed by atoms with Gasteiger partial charge in [-0.1, -0.05) is 27.7 Å². The lowest BCUT2D eigenvalue weighted by Gasteiger charge is -2.64. The Bertz CT molecular complexity index is 191. The highest BCUT2D eigenvalue weighted by molar-refractivity contribution is 5.09. The molecule has 0 amide bonds. The van der Waals surface area contributed by atoms with E-state index >= 15 is 0 Å². The minimum absolute atomic E-state index is 0.725. The van der Waals surface area contributed by atoms with Crippen molar-refractivity contribution >= 4 is 0 Å². The monoisotopic (exact) mass is 181 g/mol. The maximum Gasteiger partial charge on any atom is 0.00232 e. The van der Waals surface area contributed by atoms with Crippen molar-refractivity contribution in [2.45, 2.75) is 34.1 Å². The van der Waals surface area contributed by atoms with Crippen molar-refractivity contribution in [1.29, 1.82) is 0 Å². The quantitative estimate of drug-likeness (QED) is 0.690. The first kappa shape index (κ1) is 9.51. The highest BCUT2D eigenvalue weighted by Crippen LogP contribution is 2.58. The zero-order chi connectivity index (χ0) is 9.64. The van der Waals surface area contributed by atoms with Gasteiger partial charge in [-0.3, -0.25) is 0 Å². The summed E-state index contributed by atoms with van der Waals surface area (Å²) in [5.74, 6) is 3.76. The van der Waals surface area contributed by atoms with Gasteiger partial charge in [-0.2, -0.15) is 0 Å². The van der Waals surface area contributed by atoms with Crippen LogP contribution in [0.15, 0.2) is 0 Å². The zero-order valence-electron chi connectivity index (χ0n) is 9.43. The van der Waals surface area contributed by atoms with Crippen molar-refractivity contribution in [3.63, 3.8) is 0 Å². The lowest BCUT2D eigenvalue weighted by molar-refractivity contribution is -0.126. The van der Waals surface area contributed by atoms with Crippen molar-refractivity contribution in [2.24, 2.45) is 29.1 Å². The Hall–Kier alpha value is -0.0400. The summed E-state index contributed by atoms with van der Waals surface area (Å²) in [6.07, 6.45) is 1.49. The Morgan fingerprint density at radius 2 is 1.69 bits per heavy atom. The highest BCUT2D eigenvalue weighted by Gasteiger charge is 2.58. The van der Waals surface area contributed by atoms with Gasteiger partial charge < -0.3 is 5.32 Å². The summed E-state index contributed by atoms with van der Waals surface area (Å²) in [6, 6.07) is 0. The molecular formula is C12H23N. The fourth-order valence-corrected chi connectivity index (χ4v) is 3.70. The van der Waals surface area contributed by atoms with Gasteiger partial charge in [0.1, 0.15) is 0 Å². The second-order valence-electron chi connectivity index (χ2n) is 5.85. The number of hydrogen-bond donors (Lipinski definition) is 1. The van der Waals surface area contributed by atoms with Gasteiger partial charge in [0.25, 0.3) is 0 Å². The number of rotatable bonds is 2. The van der Waals surface area contributed by atoms with Crippen molar-refractivity contribution < 1.29 is 0 Å². The Morgan fingerprint density at radius 3 is 2.00 bits per heavy atom. The van der Waals surface area contributed by atoms with Gasteiger partial charge in [0, 0.05) is 13.1 Å². The molecule has 1 nitrogen and oxygen atoms in total. The Kier molecular flexibility index (Phi) is 2.18. The highest BCUT2D eigenvalue weighted by atomic mass is 15.0. The van der Waals surface area contributed by atoms with E-state index in [4.69, 9.17) is 0 Å². The van der Waals surface area contributed by atoms with Gasteiger partial charge >= 0.3 is 0 Å². The van der Waals surface area contributed by atoms with Crippen LogP contribution in [0.1, 0.15) is 34.1 Å². The molecular weight excluding hydrogens is 158 g/mol. The minimum Gasteiger partial charge on any atom is -0.316 e. The molecule has 76 valence electrons. The van der Waals surface area contributed by atoms with E-state index in [2.05, 4.69) is 33.0 Å². The van der Waals surface area contributed by atoms with Crippen LogP contribution in [-0.4, -0.2) is 13.1 Å². The fraction of sp³-hybridized carbons (Fsp3) is 1.00. The maximum atomic E-state index is 3.45. The number of nitrogens with one attached hydrogen (secondary N) is 1. The summed E-state index contributed by atoms with van der Waals surface area (Å²) in [6.45, 7) is 12.2. The molecule has 1 heterocycles. The first-order valence-corrected chi connectivity index (χ1v) is 5.77. The third kappa shape index (κ3) is 1.24. The summed E-state index contributed by atoms with van der Waals surface area (Å²) in [7, 11) is 0. The topological polar surface area (TPSA) is 12.0 Å². The summed E-state index contributed by atoms with van der Waals surface area (Å²) < 4.78 is 0. The third-order valence-corrected chi connectivity index (χ3v) is 4.34. The third-order valence-electron chi connectivity index (χ3n) is 4.34. The molecule has 2 aliphatic rings. The molecule has 0 bridgehead atoms. The van der Waals surface area contributed by atoms with E-state index in [1.54, 1.807) is 0 Å². The Morgan fingerprint density at radius 1 is 1.08 bits per heavy atom. The van der Waals surface area contributed by atoms with Crippen LogP contribution in [0.4, 0.5) is 0 Å². The first-order valence-electron chi connectivity index (χ1n) is 5.77. The van der Waals surface area contributed by atoms with Crippen LogP contribution in [0.2, 0.25) is 0 Å². The van der Waals surface area contributed by atoms with Crippen LogP contribution in [-0.2, 0) is 0 Å². The van der Waals surface area contributed by atoms with E-state index in [9.17, 15) is 0 Å². The average molecular weight is 181 g/mol. The molecule has 2 fully saturated rings. The molecule has 13 heavy (non-hydrogen) atoms. The van der Waals surface area contributed by atoms with Crippen molar-refractivity contribution in [3.05, 3.63) is 0 Å². The molecule has 0 aromatic rings. The largest absolute Gasteiger partial charge is 0.316 e. The molecule has 1 spiro atoms. The molecule has 1 saturated carbocycles. The van der Waals surface area contributed by atoms with Crippen LogP contribution >= 0.6 is 0 Å². The van der Waals surface area contributed by atoms with E-state index in [0.29, 0.717) is 0 Å². The molecule has 0 aromatic heterocycles. The zero-order valence-corrected chi connectivity index (χ0v) is 9.43. The van der Waals surface area contributed by atoms with Crippen LogP contribution < -0.4 is 5.32 Å². The first-order chi connectivity index (χ1) is 6.07. The molecule has 0 aromatic carbocycles. The molecule has 2 rings (SSSR count). The van der Waals surface area contributed by atoms with E-state index < -0.39 is 0 Å². The van der Waals surface area contributed by atoms with Gasteiger partial charge in [0.2, 0.25) is 0 Å². The summed E-state index contributed by atoms with van der Waals surface area (Å²) in [4.78, 5) is 0. The summed E-state index contributed by atoms with van der Waals surface area (Å²) in [5, 5.41) is 3.45. The molecule has 1 heteroatoms. The summed E-state index contributed by atoms with van der Waals surface area (Å²) >= 11 is 0. The molecule has 1 aliphatic carbocycles. The van der Waals surface area contributed by atoms with E-state index in [0.717, 1.165) is 29.1 Å². The summed E-state index contributed by atoms with van der Waals surface area (Å²) in [5.41, 5.74) is 0.725. The van der Waals surface area contributed by atoms with Crippen LogP contribution in [0, 0.1) is 29.1 Å². The van der Waals surface area contributed by atoms with Gasteiger partial charge in [-0.15, -0.1) is 0 Å².